The third kappa shape index (κ3) is 8.30. The summed E-state index contributed by atoms with van der Waals surface area (Å²) in [5.74, 6) is 0. The first-order valence-corrected chi connectivity index (χ1v) is 18.6. The average Bonchev–Trinajstić information content (AvgIpc) is 2.58. The van der Waals surface area contributed by atoms with Gasteiger partial charge in [-0.1, -0.05) is 86.8 Å². The topological polar surface area (TPSA) is 54.0 Å². The van der Waals surface area contributed by atoms with Crippen molar-refractivity contribution in [1.29, 1.82) is 0 Å². The lowest BCUT2D eigenvalue weighted by Crippen LogP contribution is -2.48. The molecular formula is C22H47O5PSi2. The summed E-state index contributed by atoms with van der Waals surface area (Å²) in [5.41, 5.74) is 3.66. The monoisotopic (exact) mass is 478 g/mol. The average molecular weight is 479 g/mol. The van der Waals surface area contributed by atoms with Gasteiger partial charge < -0.3 is 4.43 Å². The van der Waals surface area contributed by atoms with Crippen LogP contribution in [-0.4, -0.2) is 42.3 Å². The van der Waals surface area contributed by atoms with Crippen LogP contribution in [0.2, 0.25) is 36.3 Å². The van der Waals surface area contributed by atoms with Crippen molar-refractivity contribution in [2.24, 2.45) is 5.41 Å². The van der Waals surface area contributed by atoms with Crippen molar-refractivity contribution in [3.63, 3.8) is 0 Å². The van der Waals surface area contributed by atoms with Gasteiger partial charge in [-0.2, -0.15) is 0 Å². The van der Waals surface area contributed by atoms with Gasteiger partial charge in [0, 0.05) is 12.0 Å². The Bertz CT molecular complexity index is 575. The molecular weight excluding hydrogens is 431 g/mol. The third-order valence-corrected chi connectivity index (χ3v) is 14.5. The van der Waals surface area contributed by atoms with Gasteiger partial charge in [0.15, 0.2) is 8.32 Å². The summed E-state index contributed by atoms with van der Waals surface area (Å²) in [6.45, 7) is 25.9. The summed E-state index contributed by atoms with van der Waals surface area (Å²) in [6, 6.07) is 0. The van der Waals surface area contributed by atoms with Gasteiger partial charge in [-0.05, 0) is 23.0 Å². The first-order chi connectivity index (χ1) is 13.5. The molecule has 1 atom stereocenters. The zero-order chi connectivity index (χ0) is 23.4. The van der Waals surface area contributed by atoms with Gasteiger partial charge in [0.2, 0.25) is 0 Å². The molecule has 1 fully saturated rings. The Morgan fingerprint density at radius 2 is 1.43 bits per heavy atom. The zero-order valence-electron chi connectivity index (χ0n) is 21.3. The van der Waals surface area contributed by atoms with Gasteiger partial charge in [0.1, 0.15) is 0 Å². The van der Waals surface area contributed by atoms with Crippen LogP contribution in [0.3, 0.4) is 0 Å². The number of phosphoric ester groups is 1. The lowest BCUT2D eigenvalue weighted by Gasteiger charge is -2.42. The van der Waals surface area contributed by atoms with Gasteiger partial charge in [0.25, 0.3) is 0 Å². The predicted octanol–water partition coefficient (Wildman–Crippen LogP) is 7.57. The minimum Gasteiger partial charge on any atom is -0.416 e. The Hall–Kier alpha value is 0.244. The third-order valence-electron chi connectivity index (χ3n) is 5.76. The Kier molecular flexibility index (Phi) is 10.3. The minimum absolute atomic E-state index is 0.152. The summed E-state index contributed by atoms with van der Waals surface area (Å²) in [5, 5.41) is 0. The van der Waals surface area contributed by atoms with E-state index in [1.54, 1.807) is 0 Å². The second-order valence-corrected chi connectivity index (χ2v) is 23.6. The van der Waals surface area contributed by atoms with Crippen LogP contribution in [0, 0.1) is 5.41 Å². The van der Waals surface area contributed by atoms with Gasteiger partial charge in [-0.15, -0.1) is 0 Å². The fourth-order valence-corrected chi connectivity index (χ4v) is 12.2. The Morgan fingerprint density at radius 1 is 0.967 bits per heavy atom. The van der Waals surface area contributed by atoms with Gasteiger partial charge in [0.05, 0.1) is 27.4 Å². The summed E-state index contributed by atoms with van der Waals surface area (Å²) >= 11 is 0. The first kappa shape index (κ1) is 28.3. The fourth-order valence-electron chi connectivity index (χ4n) is 4.25. The van der Waals surface area contributed by atoms with Crippen molar-refractivity contribution in [3.05, 3.63) is 11.8 Å². The van der Waals surface area contributed by atoms with Gasteiger partial charge >= 0.3 is 7.82 Å². The van der Waals surface area contributed by atoms with E-state index in [1.807, 2.05) is 19.9 Å². The van der Waals surface area contributed by atoms with Crippen LogP contribution in [0.4, 0.5) is 0 Å². The number of hydrogen-bond donors (Lipinski definition) is 0. The fraction of sp³-hybridized carbons (Fsp3) is 0.909. The molecule has 0 aromatic rings. The molecule has 30 heavy (non-hydrogen) atoms. The van der Waals surface area contributed by atoms with Crippen LogP contribution in [0.15, 0.2) is 11.8 Å². The van der Waals surface area contributed by atoms with E-state index in [-0.39, 0.29) is 11.5 Å². The van der Waals surface area contributed by atoms with E-state index in [0.717, 1.165) is 0 Å². The van der Waals surface area contributed by atoms with Crippen LogP contribution in [0.5, 0.6) is 0 Å². The molecule has 0 bridgehead atoms. The molecule has 0 N–H and O–H groups in total. The van der Waals surface area contributed by atoms with Gasteiger partial charge in [-0.25, -0.2) is 4.57 Å². The molecule has 0 radical (unpaired) electrons. The van der Waals surface area contributed by atoms with Gasteiger partial charge in [-0.3, -0.25) is 13.6 Å². The standard InChI is InChI=1S/C22H47O5PSi2/c1-18(2)30(19(3)4,20(5)6)26-14-12-21(13-15-29(9,10)11)27-28(23)24-16-22(7,8)17-25-28/h13,15,18-21H,12,14,16-17H2,1-11H3/b15-13-. The summed E-state index contributed by atoms with van der Waals surface area (Å²) in [6.07, 6.45) is 2.34. The summed E-state index contributed by atoms with van der Waals surface area (Å²) in [7, 11) is -6.92. The van der Waals surface area contributed by atoms with Crippen LogP contribution in [0.1, 0.15) is 61.8 Å². The number of phosphoric acid groups is 1. The van der Waals surface area contributed by atoms with E-state index < -0.39 is 24.2 Å². The smallest absolute Gasteiger partial charge is 0.416 e. The van der Waals surface area contributed by atoms with Crippen LogP contribution < -0.4 is 0 Å². The molecule has 0 saturated carbocycles. The Morgan fingerprint density at radius 3 is 1.83 bits per heavy atom. The molecule has 1 aliphatic heterocycles. The van der Waals surface area contributed by atoms with E-state index in [4.69, 9.17) is 18.0 Å². The SMILES string of the molecule is CC(C)[Si](OCCC(/C=C\[Si](C)(C)C)OP1(=O)OCC(C)(C)CO1)(C(C)C)C(C)C. The highest BCUT2D eigenvalue weighted by Gasteiger charge is 2.45. The van der Waals surface area contributed by atoms with Crippen LogP contribution in [-0.2, 0) is 22.6 Å². The van der Waals surface area contributed by atoms with E-state index in [1.165, 1.54) is 0 Å². The number of hydrogen-bond acceptors (Lipinski definition) is 5. The van der Waals surface area contributed by atoms with E-state index in [2.05, 4.69) is 66.9 Å². The lowest BCUT2D eigenvalue weighted by atomic mass is 9.97. The maximum absolute atomic E-state index is 13.0. The maximum Gasteiger partial charge on any atom is 0.475 e. The number of rotatable bonds is 11. The highest BCUT2D eigenvalue weighted by atomic mass is 31.2. The molecule has 0 aromatic heterocycles. The Balaban J connectivity index is 2.92. The molecule has 0 aliphatic carbocycles. The predicted molar refractivity (Wildman–Crippen MR) is 132 cm³/mol. The second kappa shape index (κ2) is 10.9. The molecule has 1 unspecified atom stereocenters. The van der Waals surface area contributed by atoms with Crippen molar-refractivity contribution >= 4 is 24.2 Å². The van der Waals surface area contributed by atoms with Crippen LogP contribution >= 0.6 is 7.82 Å². The molecule has 0 aromatic carbocycles. The largest absolute Gasteiger partial charge is 0.475 e. The highest BCUT2D eigenvalue weighted by molar-refractivity contribution is 7.48. The second-order valence-electron chi connectivity index (χ2n) is 11.5. The lowest BCUT2D eigenvalue weighted by molar-refractivity contribution is -0.00799. The molecule has 0 amide bonds. The quantitative estimate of drug-likeness (QED) is 0.226. The zero-order valence-corrected chi connectivity index (χ0v) is 24.2. The maximum atomic E-state index is 13.0. The first-order valence-electron chi connectivity index (χ1n) is 11.4. The van der Waals surface area contributed by atoms with Crippen molar-refractivity contribution < 1.29 is 22.6 Å². The molecule has 0 spiro atoms. The summed E-state index contributed by atoms with van der Waals surface area (Å²) < 4.78 is 36.8. The molecule has 1 rings (SSSR count). The molecule has 1 heterocycles. The molecule has 8 heteroatoms. The van der Waals surface area contributed by atoms with Crippen LogP contribution in [0.25, 0.3) is 0 Å². The molecule has 1 saturated heterocycles. The normalized spacial score (nSPS) is 21.1. The van der Waals surface area contributed by atoms with E-state index in [0.29, 0.717) is 42.9 Å². The van der Waals surface area contributed by atoms with Crippen molar-refractivity contribution in [3.8, 4) is 0 Å². The van der Waals surface area contributed by atoms with Crippen molar-refractivity contribution in [1.82, 2.24) is 0 Å². The van der Waals surface area contributed by atoms with Crippen molar-refractivity contribution in [2.45, 2.75) is 104 Å². The molecule has 1 aliphatic rings. The summed E-state index contributed by atoms with van der Waals surface area (Å²) in [4.78, 5) is 0. The Labute approximate surface area is 188 Å². The molecule has 5 nitrogen and oxygen atoms in total. The van der Waals surface area contributed by atoms with E-state index in [9.17, 15) is 4.57 Å². The molecule has 178 valence electrons. The highest BCUT2D eigenvalue weighted by Crippen LogP contribution is 2.55. The van der Waals surface area contributed by atoms with Crippen molar-refractivity contribution in [2.75, 3.05) is 19.8 Å². The van der Waals surface area contributed by atoms with E-state index >= 15 is 0 Å². The minimum atomic E-state index is -3.55.